The lowest BCUT2D eigenvalue weighted by atomic mass is 10.1. The van der Waals surface area contributed by atoms with Gasteiger partial charge in [-0.3, -0.25) is 9.25 Å². The van der Waals surface area contributed by atoms with Crippen LogP contribution in [0.5, 0.6) is 0 Å². The standard InChI is InChI=1S/C14H16ClN5/c1-8-12-13(19(3)18-8)20(14(16)17-12)9(2)10-6-4-5-7-11(10)15/h4-7,9H,1-3H3,(H2,16,17). The Kier molecular flexibility index (Phi) is 2.94. The van der Waals surface area contributed by atoms with Crippen LogP contribution in [-0.2, 0) is 7.05 Å². The zero-order valence-corrected chi connectivity index (χ0v) is 12.4. The molecule has 0 aliphatic rings. The maximum Gasteiger partial charge on any atom is 0.203 e. The van der Waals surface area contributed by atoms with Gasteiger partial charge in [-0.2, -0.15) is 5.10 Å². The van der Waals surface area contributed by atoms with Crippen LogP contribution in [0.1, 0.15) is 24.2 Å². The van der Waals surface area contributed by atoms with Gasteiger partial charge in [-0.05, 0) is 25.5 Å². The van der Waals surface area contributed by atoms with Gasteiger partial charge >= 0.3 is 0 Å². The predicted molar refractivity (Wildman–Crippen MR) is 80.9 cm³/mol. The number of benzene rings is 1. The maximum absolute atomic E-state index is 6.29. The van der Waals surface area contributed by atoms with Crippen molar-refractivity contribution in [2.75, 3.05) is 5.73 Å². The minimum atomic E-state index is -0.0106. The Hall–Kier alpha value is -2.01. The fourth-order valence-electron chi connectivity index (χ4n) is 2.65. The molecule has 0 bridgehead atoms. The summed E-state index contributed by atoms with van der Waals surface area (Å²) >= 11 is 6.29. The molecule has 0 spiro atoms. The van der Waals surface area contributed by atoms with Gasteiger partial charge in [0.15, 0.2) is 5.65 Å². The van der Waals surface area contributed by atoms with Crippen LogP contribution in [-0.4, -0.2) is 19.3 Å². The first-order chi connectivity index (χ1) is 9.50. The Bertz CT molecular complexity index is 786. The fraction of sp³-hybridized carbons (Fsp3) is 0.286. The van der Waals surface area contributed by atoms with E-state index in [0.717, 1.165) is 27.4 Å². The van der Waals surface area contributed by atoms with Crippen molar-refractivity contribution in [3.63, 3.8) is 0 Å². The van der Waals surface area contributed by atoms with Crippen molar-refractivity contribution in [3.05, 3.63) is 40.5 Å². The van der Waals surface area contributed by atoms with Crippen LogP contribution < -0.4 is 5.73 Å². The zero-order chi connectivity index (χ0) is 14.4. The Morgan fingerprint density at radius 2 is 2.00 bits per heavy atom. The first kappa shape index (κ1) is 13.0. The van der Waals surface area contributed by atoms with Crippen molar-refractivity contribution >= 4 is 28.7 Å². The second-order valence-electron chi connectivity index (χ2n) is 4.92. The molecule has 5 nitrogen and oxygen atoms in total. The van der Waals surface area contributed by atoms with Crippen LogP contribution in [0.25, 0.3) is 11.2 Å². The van der Waals surface area contributed by atoms with E-state index in [-0.39, 0.29) is 6.04 Å². The zero-order valence-electron chi connectivity index (χ0n) is 11.6. The lowest BCUT2D eigenvalue weighted by Gasteiger charge is -2.17. The van der Waals surface area contributed by atoms with Gasteiger partial charge in [-0.15, -0.1) is 0 Å². The smallest absolute Gasteiger partial charge is 0.203 e. The van der Waals surface area contributed by atoms with Crippen LogP contribution >= 0.6 is 11.6 Å². The monoisotopic (exact) mass is 289 g/mol. The number of halogens is 1. The van der Waals surface area contributed by atoms with E-state index in [1.54, 1.807) is 4.68 Å². The largest absolute Gasteiger partial charge is 0.369 e. The Morgan fingerprint density at radius 3 is 2.70 bits per heavy atom. The number of imidazole rings is 1. The highest BCUT2D eigenvalue weighted by atomic mass is 35.5. The number of rotatable bonds is 2. The average molecular weight is 290 g/mol. The summed E-state index contributed by atoms with van der Waals surface area (Å²) in [7, 11) is 1.90. The van der Waals surface area contributed by atoms with E-state index in [2.05, 4.69) is 17.0 Å². The molecule has 3 rings (SSSR count). The van der Waals surface area contributed by atoms with Gasteiger partial charge in [0.1, 0.15) is 5.52 Å². The normalized spacial score (nSPS) is 13.0. The SMILES string of the molecule is Cc1nn(C)c2c1nc(N)n2C(C)c1ccccc1Cl. The first-order valence-electron chi connectivity index (χ1n) is 6.42. The minimum Gasteiger partial charge on any atom is -0.369 e. The fourth-order valence-corrected chi connectivity index (χ4v) is 2.94. The molecule has 0 radical (unpaired) electrons. The lowest BCUT2D eigenvalue weighted by Crippen LogP contribution is -2.13. The third-order valence-corrected chi connectivity index (χ3v) is 3.95. The molecule has 6 heteroatoms. The number of nitrogen functional groups attached to an aromatic ring is 1. The Morgan fingerprint density at radius 1 is 1.30 bits per heavy atom. The van der Waals surface area contributed by atoms with Crippen molar-refractivity contribution in [1.29, 1.82) is 0 Å². The molecular formula is C14H16ClN5. The molecule has 2 aromatic heterocycles. The molecule has 0 aliphatic heterocycles. The van der Waals surface area contributed by atoms with Crippen molar-refractivity contribution in [1.82, 2.24) is 19.3 Å². The number of aromatic nitrogens is 4. The summed E-state index contributed by atoms with van der Waals surface area (Å²) in [5.74, 6) is 0.475. The Labute approximate surface area is 122 Å². The van der Waals surface area contributed by atoms with Crippen molar-refractivity contribution in [2.24, 2.45) is 7.05 Å². The average Bonchev–Trinajstić information content (AvgIpc) is 2.88. The molecule has 0 saturated heterocycles. The third kappa shape index (κ3) is 1.78. The van der Waals surface area contributed by atoms with Crippen LogP contribution in [0.15, 0.2) is 24.3 Å². The van der Waals surface area contributed by atoms with Crippen molar-refractivity contribution in [3.8, 4) is 0 Å². The quantitative estimate of drug-likeness (QED) is 0.789. The van der Waals surface area contributed by atoms with E-state index in [4.69, 9.17) is 17.3 Å². The van der Waals surface area contributed by atoms with Crippen LogP contribution in [0, 0.1) is 6.92 Å². The second kappa shape index (κ2) is 4.52. The number of fused-ring (bicyclic) bond motifs is 1. The van der Waals surface area contributed by atoms with Gasteiger partial charge < -0.3 is 5.73 Å². The molecule has 1 unspecified atom stereocenters. The van der Waals surface area contributed by atoms with Crippen molar-refractivity contribution in [2.45, 2.75) is 19.9 Å². The summed E-state index contributed by atoms with van der Waals surface area (Å²) in [4.78, 5) is 4.42. The maximum atomic E-state index is 6.29. The number of aryl methyl sites for hydroxylation is 2. The topological polar surface area (TPSA) is 61.7 Å². The van der Waals surface area contributed by atoms with E-state index >= 15 is 0 Å². The summed E-state index contributed by atoms with van der Waals surface area (Å²) < 4.78 is 3.78. The van der Waals surface area contributed by atoms with E-state index in [0.29, 0.717) is 5.95 Å². The predicted octanol–water partition coefficient (Wildman–Crippen LogP) is 2.92. The molecular weight excluding hydrogens is 274 g/mol. The second-order valence-corrected chi connectivity index (χ2v) is 5.33. The van der Waals surface area contributed by atoms with Gasteiger partial charge in [0, 0.05) is 12.1 Å². The summed E-state index contributed by atoms with van der Waals surface area (Å²) in [6, 6.07) is 7.76. The number of anilines is 1. The van der Waals surface area contributed by atoms with Gasteiger partial charge in [-0.25, -0.2) is 4.98 Å². The molecule has 1 atom stereocenters. The van der Waals surface area contributed by atoms with Gasteiger partial charge in [0.05, 0.1) is 11.7 Å². The lowest BCUT2D eigenvalue weighted by molar-refractivity contribution is 0.636. The number of hydrogen-bond donors (Lipinski definition) is 1. The molecule has 0 fully saturated rings. The van der Waals surface area contributed by atoms with E-state index in [1.165, 1.54) is 0 Å². The summed E-state index contributed by atoms with van der Waals surface area (Å²) in [6.07, 6.45) is 0. The highest BCUT2D eigenvalue weighted by molar-refractivity contribution is 6.31. The highest BCUT2D eigenvalue weighted by Gasteiger charge is 2.21. The molecule has 0 amide bonds. The van der Waals surface area contributed by atoms with Crippen LogP contribution in [0.4, 0.5) is 5.95 Å². The minimum absolute atomic E-state index is 0.0106. The molecule has 0 saturated carbocycles. The van der Waals surface area contributed by atoms with E-state index < -0.39 is 0 Å². The van der Waals surface area contributed by atoms with Crippen LogP contribution in [0.2, 0.25) is 5.02 Å². The summed E-state index contributed by atoms with van der Waals surface area (Å²) in [6.45, 7) is 3.99. The first-order valence-corrected chi connectivity index (χ1v) is 6.80. The van der Waals surface area contributed by atoms with E-state index in [1.807, 2.05) is 42.8 Å². The van der Waals surface area contributed by atoms with Gasteiger partial charge in [0.2, 0.25) is 5.95 Å². The van der Waals surface area contributed by atoms with Gasteiger partial charge in [0.25, 0.3) is 0 Å². The summed E-state index contributed by atoms with van der Waals surface area (Å²) in [5, 5.41) is 5.12. The number of nitrogens with two attached hydrogens (primary N) is 1. The molecule has 2 N–H and O–H groups in total. The van der Waals surface area contributed by atoms with E-state index in [9.17, 15) is 0 Å². The molecule has 104 valence electrons. The van der Waals surface area contributed by atoms with Gasteiger partial charge in [-0.1, -0.05) is 29.8 Å². The molecule has 0 aliphatic carbocycles. The Balaban J connectivity index is 2.24. The summed E-state index contributed by atoms with van der Waals surface area (Å²) in [5.41, 5.74) is 9.73. The van der Waals surface area contributed by atoms with Crippen LogP contribution in [0.3, 0.4) is 0 Å². The molecule has 3 aromatic rings. The van der Waals surface area contributed by atoms with Crippen molar-refractivity contribution < 1.29 is 0 Å². The highest BCUT2D eigenvalue weighted by Crippen LogP contribution is 2.31. The number of nitrogens with zero attached hydrogens (tertiary/aromatic N) is 4. The molecule has 20 heavy (non-hydrogen) atoms. The molecule has 2 heterocycles. The third-order valence-electron chi connectivity index (χ3n) is 3.61. The molecule has 1 aromatic carbocycles. The number of hydrogen-bond acceptors (Lipinski definition) is 3.